The number of hydrogen-bond acceptors (Lipinski definition) is 3. The Kier molecular flexibility index (Phi) is 5.02. The Labute approximate surface area is 114 Å². The summed E-state index contributed by atoms with van der Waals surface area (Å²) in [4.78, 5) is 3.61. The summed E-state index contributed by atoms with van der Waals surface area (Å²) < 4.78 is 0.849. The van der Waals surface area contributed by atoms with E-state index >= 15 is 0 Å². The molecule has 2 unspecified atom stereocenters. The number of halogens is 1. The summed E-state index contributed by atoms with van der Waals surface area (Å²) in [5, 5.41) is 0. The lowest BCUT2D eigenvalue weighted by atomic mass is 9.82. The summed E-state index contributed by atoms with van der Waals surface area (Å²) >= 11 is 7.59. The molecular weight excluding hydrogens is 252 g/mol. The summed E-state index contributed by atoms with van der Waals surface area (Å²) in [6, 6.07) is 4.54. The van der Waals surface area contributed by atoms with Crippen LogP contribution in [0.2, 0.25) is 4.34 Å². The molecule has 0 fully saturated rings. The molecule has 17 heavy (non-hydrogen) atoms. The molecule has 0 bridgehead atoms. The Morgan fingerprint density at radius 2 is 2.00 bits per heavy atom. The summed E-state index contributed by atoms with van der Waals surface area (Å²) in [6.07, 6.45) is 0. The molecule has 1 aromatic heterocycles. The monoisotopic (exact) mass is 274 g/mol. The molecule has 0 radical (unpaired) electrons. The van der Waals surface area contributed by atoms with Crippen LogP contribution in [0.25, 0.3) is 0 Å². The highest BCUT2D eigenvalue weighted by molar-refractivity contribution is 7.16. The van der Waals surface area contributed by atoms with E-state index in [1.807, 2.05) is 6.07 Å². The standard InChI is InChI=1S/C13H23ClN2S/c1-9(15)12(13(2,3)4)16(5)8-10-6-7-11(14)17-10/h6-7,9,12H,8,15H2,1-5H3. The van der Waals surface area contributed by atoms with Gasteiger partial charge in [0.1, 0.15) is 0 Å². The predicted octanol–water partition coefficient (Wildman–Crippen LogP) is 3.60. The van der Waals surface area contributed by atoms with E-state index in [-0.39, 0.29) is 11.5 Å². The maximum atomic E-state index is 6.12. The normalized spacial score (nSPS) is 16.2. The first kappa shape index (κ1) is 15.0. The zero-order valence-electron chi connectivity index (χ0n) is 11.3. The SMILES string of the molecule is CC(N)C(N(C)Cc1ccc(Cl)s1)C(C)(C)C. The van der Waals surface area contributed by atoms with Gasteiger partial charge in [-0.3, -0.25) is 4.90 Å². The third-order valence-electron chi connectivity index (χ3n) is 2.89. The van der Waals surface area contributed by atoms with Gasteiger partial charge in [-0.15, -0.1) is 11.3 Å². The minimum atomic E-state index is 0.149. The fraction of sp³-hybridized carbons (Fsp3) is 0.692. The van der Waals surface area contributed by atoms with Crippen molar-refractivity contribution in [1.29, 1.82) is 0 Å². The van der Waals surface area contributed by atoms with Crippen LogP contribution < -0.4 is 5.73 Å². The van der Waals surface area contributed by atoms with Crippen molar-refractivity contribution in [2.24, 2.45) is 11.1 Å². The number of thiophene rings is 1. The molecule has 2 N–H and O–H groups in total. The van der Waals surface area contributed by atoms with E-state index in [9.17, 15) is 0 Å². The second kappa shape index (κ2) is 5.70. The Bertz CT molecular complexity index is 355. The molecule has 1 rings (SSSR count). The zero-order valence-corrected chi connectivity index (χ0v) is 12.9. The summed E-state index contributed by atoms with van der Waals surface area (Å²) in [5.41, 5.74) is 6.29. The van der Waals surface area contributed by atoms with Crippen LogP contribution in [-0.2, 0) is 6.54 Å². The van der Waals surface area contributed by atoms with Crippen molar-refractivity contribution >= 4 is 22.9 Å². The summed E-state index contributed by atoms with van der Waals surface area (Å²) in [6.45, 7) is 9.69. The van der Waals surface area contributed by atoms with Gasteiger partial charge in [-0.1, -0.05) is 32.4 Å². The lowest BCUT2D eigenvalue weighted by molar-refractivity contribution is 0.101. The van der Waals surface area contributed by atoms with Crippen LogP contribution in [0.3, 0.4) is 0 Å². The van der Waals surface area contributed by atoms with E-state index in [4.69, 9.17) is 17.3 Å². The maximum Gasteiger partial charge on any atom is 0.0931 e. The second-order valence-corrected chi connectivity index (χ2v) is 7.59. The van der Waals surface area contributed by atoms with Gasteiger partial charge in [0.15, 0.2) is 0 Å². The van der Waals surface area contributed by atoms with E-state index in [0.29, 0.717) is 6.04 Å². The van der Waals surface area contributed by atoms with Crippen molar-refractivity contribution < 1.29 is 0 Å². The third kappa shape index (κ3) is 4.25. The van der Waals surface area contributed by atoms with Gasteiger partial charge in [-0.05, 0) is 31.5 Å². The highest BCUT2D eigenvalue weighted by atomic mass is 35.5. The largest absolute Gasteiger partial charge is 0.327 e. The molecule has 0 aromatic carbocycles. The van der Waals surface area contributed by atoms with Crippen molar-refractivity contribution in [1.82, 2.24) is 4.90 Å². The van der Waals surface area contributed by atoms with Gasteiger partial charge in [0, 0.05) is 23.5 Å². The second-order valence-electron chi connectivity index (χ2n) is 5.79. The molecule has 0 saturated heterocycles. The predicted molar refractivity (Wildman–Crippen MR) is 77.7 cm³/mol. The van der Waals surface area contributed by atoms with E-state index in [2.05, 4.69) is 45.7 Å². The Hall–Kier alpha value is -0.0900. The number of likely N-dealkylation sites (N-methyl/N-ethyl adjacent to an activating group) is 1. The van der Waals surface area contributed by atoms with Crippen molar-refractivity contribution in [3.8, 4) is 0 Å². The van der Waals surface area contributed by atoms with Crippen LogP contribution in [0.5, 0.6) is 0 Å². The topological polar surface area (TPSA) is 29.3 Å². The molecule has 0 amide bonds. The van der Waals surface area contributed by atoms with Gasteiger partial charge in [0.05, 0.1) is 4.34 Å². The van der Waals surface area contributed by atoms with Crippen LogP contribution >= 0.6 is 22.9 Å². The minimum Gasteiger partial charge on any atom is -0.327 e. The van der Waals surface area contributed by atoms with Gasteiger partial charge in [0.25, 0.3) is 0 Å². The van der Waals surface area contributed by atoms with Gasteiger partial charge in [0.2, 0.25) is 0 Å². The number of rotatable bonds is 4. The molecule has 0 saturated carbocycles. The molecular formula is C13H23ClN2S. The van der Waals surface area contributed by atoms with E-state index in [1.54, 1.807) is 11.3 Å². The molecule has 0 aliphatic rings. The lowest BCUT2D eigenvalue weighted by Gasteiger charge is -2.40. The molecule has 98 valence electrons. The van der Waals surface area contributed by atoms with E-state index < -0.39 is 0 Å². The molecule has 4 heteroatoms. The van der Waals surface area contributed by atoms with Gasteiger partial charge < -0.3 is 5.73 Å². The smallest absolute Gasteiger partial charge is 0.0931 e. The Balaban J connectivity index is 2.76. The lowest BCUT2D eigenvalue weighted by Crippen LogP contribution is -2.51. The van der Waals surface area contributed by atoms with Crippen molar-refractivity contribution in [2.75, 3.05) is 7.05 Å². The average Bonchev–Trinajstić information content (AvgIpc) is 2.46. The fourth-order valence-corrected chi connectivity index (χ4v) is 3.78. The fourth-order valence-electron chi connectivity index (χ4n) is 2.63. The minimum absolute atomic E-state index is 0.149. The van der Waals surface area contributed by atoms with E-state index in [0.717, 1.165) is 10.9 Å². The molecule has 0 spiro atoms. The molecule has 1 heterocycles. The molecule has 1 aromatic rings. The first-order valence-corrected chi connectivity index (χ1v) is 7.11. The van der Waals surface area contributed by atoms with Crippen molar-refractivity contribution in [3.05, 3.63) is 21.3 Å². The first-order valence-electron chi connectivity index (χ1n) is 5.92. The summed E-state index contributed by atoms with van der Waals surface area (Å²) in [5.74, 6) is 0. The maximum absolute atomic E-state index is 6.12. The van der Waals surface area contributed by atoms with Crippen LogP contribution in [-0.4, -0.2) is 24.0 Å². The van der Waals surface area contributed by atoms with Crippen LogP contribution in [0, 0.1) is 5.41 Å². The highest BCUT2D eigenvalue weighted by Gasteiger charge is 2.31. The van der Waals surface area contributed by atoms with E-state index in [1.165, 1.54) is 4.88 Å². The van der Waals surface area contributed by atoms with Gasteiger partial charge in [-0.25, -0.2) is 0 Å². The zero-order chi connectivity index (χ0) is 13.2. The summed E-state index contributed by atoms with van der Waals surface area (Å²) in [7, 11) is 2.13. The average molecular weight is 275 g/mol. The highest BCUT2D eigenvalue weighted by Crippen LogP contribution is 2.29. The van der Waals surface area contributed by atoms with Crippen molar-refractivity contribution in [3.63, 3.8) is 0 Å². The molecule has 0 aliphatic heterocycles. The molecule has 2 nitrogen and oxygen atoms in total. The van der Waals surface area contributed by atoms with Gasteiger partial charge in [-0.2, -0.15) is 0 Å². The quantitative estimate of drug-likeness (QED) is 0.909. The Morgan fingerprint density at radius 3 is 2.35 bits per heavy atom. The number of nitrogens with two attached hydrogens (primary N) is 1. The van der Waals surface area contributed by atoms with Gasteiger partial charge >= 0.3 is 0 Å². The molecule has 2 atom stereocenters. The molecule has 0 aliphatic carbocycles. The Morgan fingerprint density at radius 1 is 1.41 bits per heavy atom. The number of hydrogen-bond donors (Lipinski definition) is 1. The third-order valence-corrected chi connectivity index (χ3v) is 4.11. The van der Waals surface area contributed by atoms with Crippen LogP contribution in [0.15, 0.2) is 12.1 Å². The van der Waals surface area contributed by atoms with Crippen molar-refractivity contribution in [2.45, 2.75) is 46.3 Å². The van der Waals surface area contributed by atoms with Crippen LogP contribution in [0.1, 0.15) is 32.6 Å². The first-order chi connectivity index (χ1) is 7.71. The van der Waals surface area contributed by atoms with Crippen LogP contribution in [0.4, 0.5) is 0 Å². The number of nitrogens with zero attached hydrogens (tertiary/aromatic N) is 1.